The molecule has 1 atom stereocenters. The molecular weight excluding hydrogens is 276 g/mol. The third-order valence-corrected chi connectivity index (χ3v) is 3.44. The zero-order valence-corrected chi connectivity index (χ0v) is 13.3. The Bertz CT molecular complexity index is 522. The smallest absolute Gasteiger partial charge is 0.118 e. The van der Waals surface area contributed by atoms with Gasteiger partial charge in [0.05, 0.1) is 26.4 Å². The first-order valence-electron chi connectivity index (χ1n) is 7.68. The highest BCUT2D eigenvalue weighted by atomic mass is 16.5. The molecule has 2 rings (SSSR count). The normalized spacial score (nSPS) is 12.1. The summed E-state index contributed by atoms with van der Waals surface area (Å²) >= 11 is 0. The van der Waals surface area contributed by atoms with Crippen LogP contribution >= 0.6 is 0 Å². The Morgan fingerprint density at radius 2 is 1.64 bits per heavy atom. The topological polar surface area (TPSA) is 27.7 Å². The van der Waals surface area contributed by atoms with Gasteiger partial charge in [0.25, 0.3) is 0 Å². The molecule has 0 amide bonds. The van der Waals surface area contributed by atoms with Crippen molar-refractivity contribution in [2.24, 2.45) is 0 Å². The summed E-state index contributed by atoms with van der Waals surface area (Å²) in [6.45, 7) is 3.91. The van der Waals surface area contributed by atoms with Gasteiger partial charge in [-0.1, -0.05) is 42.5 Å². The number of hydrogen-bond donors (Lipinski definition) is 0. The molecule has 2 aromatic carbocycles. The first kappa shape index (κ1) is 16.5. The Labute approximate surface area is 132 Å². The van der Waals surface area contributed by atoms with Gasteiger partial charge in [-0.15, -0.1) is 0 Å². The number of benzene rings is 2. The van der Waals surface area contributed by atoms with Gasteiger partial charge in [0.15, 0.2) is 0 Å². The van der Waals surface area contributed by atoms with Crippen LogP contribution in [-0.4, -0.2) is 26.4 Å². The minimum atomic E-state index is 0.0714. The largest absolute Gasteiger partial charge is 0.497 e. The quantitative estimate of drug-likeness (QED) is 0.704. The summed E-state index contributed by atoms with van der Waals surface area (Å²) in [6, 6.07) is 18.3. The van der Waals surface area contributed by atoms with E-state index in [9.17, 15) is 0 Å². The van der Waals surface area contributed by atoms with Crippen LogP contribution in [0.2, 0.25) is 0 Å². The number of methoxy groups -OCH3 is 1. The fourth-order valence-electron chi connectivity index (χ4n) is 2.31. The van der Waals surface area contributed by atoms with Crippen LogP contribution in [-0.2, 0) is 22.5 Å². The number of hydrogen-bond acceptors (Lipinski definition) is 3. The molecule has 0 unspecified atom stereocenters. The van der Waals surface area contributed by atoms with Crippen LogP contribution in [0.1, 0.15) is 18.1 Å². The van der Waals surface area contributed by atoms with Crippen molar-refractivity contribution in [2.75, 3.05) is 20.3 Å². The lowest BCUT2D eigenvalue weighted by atomic mass is 10.1. The highest BCUT2D eigenvalue weighted by molar-refractivity contribution is 5.27. The molecule has 2 aromatic rings. The van der Waals surface area contributed by atoms with Crippen molar-refractivity contribution < 1.29 is 14.2 Å². The van der Waals surface area contributed by atoms with E-state index in [1.807, 2.05) is 37.3 Å². The molecule has 0 heterocycles. The molecule has 0 saturated heterocycles. The maximum atomic E-state index is 5.80. The van der Waals surface area contributed by atoms with Crippen molar-refractivity contribution in [1.29, 1.82) is 0 Å². The number of ether oxygens (including phenoxy) is 3. The van der Waals surface area contributed by atoms with Crippen molar-refractivity contribution in [3.63, 3.8) is 0 Å². The molecule has 0 fully saturated rings. The lowest BCUT2D eigenvalue weighted by Crippen LogP contribution is -2.22. The second kappa shape index (κ2) is 9.23. The fraction of sp³-hybridized carbons (Fsp3) is 0.368. The first-order chi connectivity index (χ1) is 10.8. The van der Waals surface area contributed by atoms with Crippen LogP contribution in [0.15, 0.2) is 54.6 Å². The molecule has 0 N–H and O–H groups in total. The summed E-state index contributed by atoms with van der Waals surface area (Å²) in [4.78, 5) is 0. The maximum absolute atomic E-state index is 5.80. The molecule has 0 radical (unpaired) electrons. The standard InChI is InChI=1S/C19H24O3/c1-3-22-19(13-16-9-11-18(20-2)12-10-16)15-21-14-17-7-5-4-6-8-17/h4-12,19H,3,13-15H2,1-2H3/t19-/m0/s1. The molecule has 3 heteroatoms. The summed E-state index contributed by atoms with van der Waals surface area (Å²) < 4.78 is 16.8. The van der Waals surface area contributed by atoms with Gasteiger partial charge in [0.2, 0.25) is 0 Å². The molecule has 0 aliphatic heterocycles. The molecule has 0 aromatic heterocycles. The van der Waals surface area contributed by atoms with Crippen molar-refractivity contribution in [3.8, 4) is 5.75 Å². The summed E-state index contributed by atoms with van der Waals surface area (Å²) in [6.07, 6.45) is 0.911. The summed E-state index contributed by atoms with van der Waals surface area (Å²) in [5.41, 5.74) is 2.41. The third kappa shape index (κ3) is 5.51. The van der Waals surface area contributed by atoms with E-state index in [4.69, 9.17) is 14.2 Å². The second-order valence-electron chi connectivity index (χ2n) is 5.13. The zero-order chi connectivity index (χ0) is 15.6. The maximum Gasteiger partial charge on any atom is 0.118 e. The van der Waals surface area contributed by atoms with E-state index in [1.165, 1.54) is 11.1 Å². The minimum absolute atomic E-state index is 0.0714. The average Bonchev–Trinajstić information content (AvgIpc) is 2.57. The predicted molar refractivity (Wildman–Crippen MR) is 88.2 cm³/mol. The summed E-state index contributed by atoms with van der Waals surface area (Å²) in [5.74, 6) is 0.872. The van der Waals surface area contributed by atoms with Gasteiger partial charge in [-0.3, -0.25) is 0 Å². The number of rotatable bonds is 9. The van der Waals surface area contributed by atoms with Gasteiger partial charge in [-0.25, -0.2) is 0 Å². The van der Waals surface area contributed by atoms with Crippen LogP contribution in [0.3, 0.4) is 0 Å². The van der Waals surface area contributed by atoms with Gasteiger partial charge in [0, 0.05) is 13.0 Å². The van der Waals surface area contributed by atoms with E-state index in [0.29, 0.717) is 19.8 Å². The Balaban J connectivity index is 1.83. The molecular formula is C19H24O3. The molecule has 0 aliphatic carbocycles. The first-order valence-corrected chi connectivity index (χ1v) is 7.68. The third-order valence-electron chi connectivity index (χ3n) is 3.44. The van der Waals surface area contributed by atoms with E-state index in [1.54, 1.807) is 7.11 Å². The van der Waals surface area contributed by atoms with E-state index < -0.39 is 0 Å². The van der Waals surface area contributed by atoms with Crippen molar-refractivity contribution >= 4 is 0 Å². The van der Waals surface area contributed by atoms with E-state index in [2.05, 4.69) is 24.3 Å². The molecule has 0 spiro atoms. The average molecular weight is 300 g/mol. The highest BCUT2D eigenvalue weighted by Crippen LogP contribution is 2.14. The Morgan fingerprint density at radius 1 is 0.909 bits per heavy atom. The van der Waals surface area contributed by atoms with Crippen LogP contribution < -0.4 is 4.74 Å². The second-order valence-corrected chi connectivity index (χ2v) is 5.13. The fourth-order valence-corrected chi connectivity index (χ4v) is 2.31. The molecule has 0 bridgehead atoms. The van der Waals surface area contributed by atoms with Crippen LogP contribution in [0.4, 0.5) is 0 Å². The van der Waals surface area contributed by atoms with Crippen LogP contribution in [0.5, 0.6) is 5.75 Å². The van der Waals surface area contributed by atoms with Crippen LogP contribution in [0, 0.1) is 0 Å². The highest BCUT2D eigenvalue weighted by Gasteiger charge is 2.10. The summed E-state index contributed by atoms with van der Waals surface area (Å²) in [5, 5.41) is 0. The molecule has 0 aliphatic rings. The monoisotopic (exact) mass is 300 g/mol. The van der Waals surface area contributed by atoms with E-state index in [-0.39, 0.29) is 6.10 Å². The molecule has 0 saturated carbocycles. The van der Waals surface area contributed by atoms with Gasteiger partial charge in [-0.05, 0) is 30.2 Å². The van der Waals surface area contributed by atoms with E-state index in [0.717, 1.165) is 12.2 Å². The Morgan fingerprint density at radius 3 is 2.27 bits per heavy atom. The zero-order valence-electron chi connectivity index (χ0n) is 13.3. The SMILES string of the molecule is CCO[C@H](COCc1ccccc1)Cc1ccc(OC)cc1. The predicted octanol–water partition coefficient (Wildman–Crippen LogP) is 3.86. The van der Waals surface area contributed by atoms with Crippen molar-refractivity contribution in [1.82, 2.24) is 0 Å². The van der Waals surface area contributed by atoms with E-state index >= 15 is 0 Å². The Kier molecular flexibility index (Phi) is 6.94. The van der Waals surface area contributed by atoms with Gasteiger partial charge in [0.1, 0.15) is 5.75 Å². The Hall–Kier alpha value is -1.84. The van der Waals surface area contributed by atoms with Crippen molar-refractivity contribution in [3.05, 3.63) is 65.7 Å². The van der Waals surface area contributed by atoms with Crippen molar-refractivity contribution in [2.45, 2.75) is 26.1 Å². The minimum Gasteiger partial charge on any atom is -0.497 e. The lowest BCUT2D eigenvalue weighted by molar-refractivity contribution is -0.0164. The van der Waals surface area contributed by atoms with Crippen LogP contribution in [0.25, 0.3) is 0 Å². The lowest BCUT2D eigenvalue weighted by Gasteiger charge is -2.17. The van der Waals surface area contributed by atoms with Gasteiger partial charge < -0.3 is 14.2 Å². The summed E-state index contributed by atoms with van der Waals surface area (Å²) in [7, 11) is 1.68. The van der Waals surface area contributed by atoms with Gasteiger partial charge in [-0.2, -0.15) is 0 Å². The molecule has 22 heavy (non-hydrogen) atoms. The van der Waals surface area contributed by atoms with Gasteiger partial charge >= 0.3 is 0 Å². The molecule has 118 valence electrons. The molecule has 3 nitrogen and oxygen atoms in total.